The largest absolute Gasteiger partial charge is 0.361 e. The van der Waals surface area contributed by atoms with Crippen LogP contribution in [0.25, 0.3) is 0 Å². The van der Waals surface area contributed by atoms with Gasteiger partial charge in [-0.15, -0.1) is 0 Å². The van der Waals surface area contributed by atoms with Crippen LogP contribution in [0.5, 0.6) is 0 Å². The predicted molar refractivity (Wildman–Crippen MR) is 65.4 cm³/mol. The molecule has 1 amide bonds. The van der Waals surface area contributed by atoms with Crippen molar-refractivity contribution < 1.29 is 4.79 Å². The van der Waals surface area contributed by atoms with E-state index >= 15 is 0 Å². The minimum atomic E-state index is -0.197. The van der Waals surface area contributed by atoms with Crippen LogP contribution < -0.4 is 10.6 Å². The molecule has 0 aliphatic rings. The van der Waals surface area contributed by atoms with Gasteiger partial charge in [-0.05, 0) is 39.3 Å². The Morgan fingerprint density at radius 2 is 2.12 bits per heavy atom. The van der Waals surface area contributed by atoms with Crippen LogP contribution >= 0.6 is 0 Å². The average Bonchev–Trinajstić information content (AvgIpc) is 2.14. The summed E-state index contributed by atoms with van der Waals surface area (Å²) in [5.41, 5.74) is 0.837. The van der Waals surface area contributed by atoms with Crippen molar-refractivity contribution in [2.45, 2.75) is 33.2 Å². The first-order valence-electron chi connectivity index (χ1n) is 5.35. The van der Waals surface area contributed by atoms with Crippen LogP contribution in [0.2, 0.25) is 0 Å². The van der Waals surface area contributed by atoms with Crippen LogP contribution in [0.4, 0.5) is 5.82 Å². The highest BCUT2D eigenvalue weighted by molar-refractivity contribution is 5.81. The van der Waals surface area contributed by atoms with E-state index in [0.29, 0.717) is 0 Å². The molecule has 0 spiro atoms. The SMILES string of the molecule is Cc1cccnc1NCC(=O)NC(C)(C)C. The van der Waals surface area contributed by atoms with Crippen molar-refractivity contribution in [3.63, 3.8) is 0 Å². The molecule has 88 valence electrons. The Hall–Kier alpha value is -1.58. The molecule has 0 atom stereocenters. The summed E-state index contributed by atoms with van der Waals surface area (Å²) < 4.78 is 0. The Morgan fingerprint density at radius 1 is 1.44 bits per heavy atom. The highest BCUT2D eigenvalue weighted by Crippen LogP contribution is 2.08. The van der Waals surface area contributed by atoms with Gasteiger partial charge in [-0.1, -0.05) is 6.07 Å². The van der Waals surface area contributed by atoms with Crippen LogP contribution in [0.15, 0.2) is 18.3 Å². The second kappa shape index (κ2) is 4.96. The summed E-state index contributed by atoms with van der Waals surface area (Å²) in [6.45, 7) is 8.07. The third-order valence-electron chi connectivity index (χ3n) is 1.94. The molecule has 4 heteroatoms. The van der Waals surface area contributed by atoms with Gasteiger partial charge in [0.1, 0.15) is 5.82 Å². The summed E-state index contributed by atoms with van der Waals surface area (Å²) in [6.07, 6.45) is 1.71. The number of hydrogen-bond donors (Lipinski definition) is 2. The van der Waals surface area contributed by atoms with Crippen LogP contribution in [0.3, 0.4) is 0 Å². The first-order chi connectivity index (χ1) is 7.38. The average molecular weight is 221 g/mol. The lowest BCUT2D eigenvalue weighted by molar-refractivity contribution is -0.120. The van der Waals surface area contributed by atoms with E-state index in [2.05, 4.69) is 15.6 Å². The van der Waals surface area contributed by atoms with E-state index in [0.717, 1.165) is 11.4 Å². The number of amides is 1. The fraction of sp³-hybridized carbons (Fsp3) is 0.500. The zero-order valence-corrected chi connectivity index (χ0v) is 10.3. The van der Waals surface area contributed by atoms with E-state index in [1.165, 1.54) is 0 Å². The molecule has 0 radical (unpaired) electrons. The quantitative estimate of drug-likeness (QED) is 0.817. The maximum atomic E-state index is 11.5. The summed E-state index contributed by atoms with van der Waals surface area (Å²) in [4.78, 5) is 15.7. The van der Waals surface area contributed by atoms with Gasteiger partial charge in [0, 0.05) is 11.7 Å². The highest BCUT2D eigenvalue weighted by atomic mass is 16.2. The van der Waals surface area contributed by atoms with E-state index < -0.39 is 0 Å². The van der Waals surface area contributed by atoms with Gasteiger partial charge in [0.2, 0.25) is 5.91 Å². The zero-order chi connectivity index (χ0) is 12.2. The number of hydrogen-bond acceptors (Lipinski definition) is 3. The van der Waals surface area contributed by atoms with E-state index in [1.54, 1.807) is 6.20 Å². The third kappa shape index (κ3) is 4.29. The monoisotopic (exact) mass is 221 g/mol. The predicted octanol–water partition coefficient (Wildman–Crippen LogP) is 1.72. The lowest BCUT2D eigenvalue weighted by Crippen LogP contribution is -2.43. The number of pyridine rings is 1. The Labute approximate surface area is 96.5 Å². The fourth-order valence-corrected chi connectivity index (χ4v) is 1.30. The minimum Gasteiger partial charge on any atom is -0.361 e. The van der Waals surface area contributed by atoms with Gasteiger partial charge < -0.3 is 10.6 Å². The van der Waals surface area contributed by atoms with Crippen molar-refractivity contribution in [2.75, 3.05) is 11.9 Å². The van der Waals surface area contributed by atoms with E-state index in [4.69, 9.17) is 0 Å². The maximum absolute atomic E-state index is 11.5. The lowest BCUT2D eigenvalue weighted by atomic mass is 10.1. The number of carbonyl (C=O) groups is 1. The smallest absolute Gasteiger partial charge is 0.239 e. The van der Waals surface area contributed by atoms with Crippen molar-refractivity contribution in [2.24, 2.45) is 0 Å². The van der Waals surface area contributed by atoms with Gasteiger partial charge in [-0.3, -0.25) is 4.79 Å². The first kappa shape index (κ1) is 12.5. The molecule has 0 fully saturated rings. The molecule has 0 bridgehead atoms. The van der Waals surface area contributed by atoms with Crippen molar-refractivity contribution in [1.82, 2.24) is 10.3 Å². The van der Waals surface area contributed by atoms with Crippen LogP contribution in [0, 0.1) is 6.92 Å². The summed E-state index contributed by atoms with van der Waals surface area (Å²) >= 11 is 0. The van der Waals surface area contributed by atoms with Gasteiger partial charge in [-0.25, -0.2) is 4.98 Å². The molecule has 1 rings (SSSR count). The maximum Gasteiger partial charge on any atom is 0.239 e. The standard InChI is InChI=1S/C12H19N3O/c1-9-6-5-7-13-11(9)14-8-10(16)15-12(2,3)4/h5-7H,8H2,1-4H3,(H,13,14)(H,15,16). The Kier molecular flexibility index (Phi) is 3.88. The zero-order valence-electron chi connectivity index (χ0n) is 10.3. The molecule has 4 nitrogen and oxygen atoms in total. The van der Waals surface area contributed by atoms with Crippen LogP contribution in [-0.2, 0) is 4.79 Å². The second-order valence-corrected chi connectivity index (χ2v) is 4.82. The number of anilines is 1. The fourth-order valence-electron chi connectivity index (χ4n) is 1.30. The van der Waals surface area contributed by atoms with Gasteiger partial charge in [0.15, 0.2) is 0 Å². The first-order valence-corrected chi connectivity index (χ1v) is 5.35. The Balaban J connectivity index is 2.47. The third-order valence-corrected chi connectivity index (χ3v) is 1.94. The minimum absolute atomic E-state index is 0.0300. The molecule has 1 heterocycles. The van der Waals surface area contributed by atoms with Gasteiger partial charge >= 0.3 is 0 Å². The molecule has 0 saturated heterocycles. The normalized spacial score (nSPS) is 11.0. The summed E-state index contributed by atoms with van der Waals surface area (Å²) in [6, 6.07) is 3.83. The number of rotatable bonds is 3. The molecule has 1 aromatic rings. The number of nitrogens with zero attached hydrogens (tertiary/aromatic N) is 1. The molecular formula is C12H19N3O. The molecule has 0 aromatic carbocycles. The number of carbonyl (C=O) groups excluding carboxylic acids is 1. The molecule has 1 aromatic heterocycles. The molecule has 0 saturated carbocycles. The lowest BCUT2D eigenvalue weighted by Gasteiger charge is -2.20. The van der Waals surface area contributed by atoms with Crippen molar-refractivity contribution >= 4 is 11.7 Å². The number of nitrogens with one attached hydrogen (secondary N) is 2. The van der Waals surface area contributed by atoms with Crippen LogP contribution in [-0.4, -0.2) is 23.0 Å². The van der Waals surface area contributed by atoms with E-state index in [-0.39, 0.29) is 18.0 Å². The van der Waals surface area contributed by atoms with Crippen molar-refractivity contribution in [1.29, 1.82) is 0 Å². The highest BCUT2D eigenvalue weighted by Gasteiger charge is 2.13. The topological polar surface area (TPSA) is 54.0 Å². The molecule has 0 aliphatic carbocycles. The second-order valence-electron chi connectivity index (χ2n) is 4.82. The van der Waals surface area contributed by atoms with Gasteiger partial charge in [0.25, 0.3) is 0 Å². The summed E-state index contributed by atoms with van der Waals surface area (Å²) in [5, 5.41) is 5.89. The molecule has 2 N–H and O–H groups in total. The molecule has 16 heavy (non-hydrogen) atoms. The molecular weight excluding hydrogens is 202 g/mol. The van der Waals surface area contributed by atoms with Crippen molar-refractivity contribution in [3.05, 3.63) is 23.9 Å². The summed E-state index contributed by atoms with van der Waals surface area (Å²) in [7, 11) is 0. The summed E-state index contributed by atoms with van der Waals surface area (Å²) in [5.74, 6) is 0.726. The Bertz CT molecular complexity index is 369. The molecule has 0 aliphatic heterocycles. The van der Waals surface area contributed by atoms with Gasteiger partial charge in [0.05, 0.1) is 6.54 Å². The van der Waals surface area contributed by atoms with Crippen molar-refractivity contribution in [3.8, 4) is 0 Å². The van der Waals surface area contributed by atoms with Gasteiger partial charge in [-0.2, -0.15) is 0 Å². The molecule has 0 unspecified atom stereocenters. The number of aryl methyl sites for hydroxylation is 1. The Morgan fingerprint density at radius 3 is 2.69 bits per heavy atom. The van der Waals surface area contributed by atoms with E-state index in [1.807, 2.05) is 39.8 Å². The number of aromatic nitrogens is 1. The van der Waals surface area contributed by atoms with Crippen LogP contribution in [0.1, 0.15) is 26.3 Å². The van der Waals surface area contributed by atoms with E-state index in [9.17, 15) is 4.79 Å².